The van der Waals surface area contributed by atoms with Crippen LogP contribution in [0.1, 0.15) is 59.3 Å². The van der Waals surface area contributed by atoms with Crippen LogP contribution >= 0.6 is 0 Å². The number of carbonyl (C=O) groups is 1. The maximum atomic E-state index is 12.6. The van der Waals surface area contributed by atoms with Gasteiger partial charge in [0.25, 0.3) is 0 Å². The molecule has 0 aromatic heterocycles. The third kappa shape index (κ3) is 9.42. The van der Waals surface area contributed by atoms with Gasteiger partial charge in [-0.3, -0.25) is 0 Å². The van der Waals surface area contributed by atoms with E-state index >= 15 is 0 Å². The molecule has 0 aromatic carbocycles. The monoisotopic (exact) mass is 610 g/mol. The Hall–Kier alpha value is -1.67. The number of cyclic esters (lactones) is 1. The van der Waals surface area contributed by atoms with Crippen molar-refractivity contribution in [3.8, 4) is 0 Å². The Bertz CT molecular complexity index is 969. The third-order valence-electron chi connectivity index (χ3n) is 8.88. The Kier molecular flexibility index (Phi) is 12.8. The van der Waals surface area contributed by atoms with Crippen LogP contribution in [0.3, 0.4) is 0 Å². The van der Waals surface area contributed by atoms with Crippen molar-refractivity contribution >= 4 is 5.97 Å². The number of rotatable bonds is 4. The van der Waals surface area contributed by atoms with Gasteiger partial charge in [-0.05, 0) is 38.0 Å². The molecular weight excluding hydrogens is 560 g/mol. The molecule has 11 heteroatoms. The molecule has 3 fully saturated rings. The summed E-state index contributed by atoms with van der Waals surface area (Å²) in [5, 5.41) is 41.3. The van der Waals surface area contributed by atoms with Crippen LogP contribution in [0.2, 0.25) is 0 Å². The number of esters is 1. The molecule has 4 bridgehead atoms. The number of ether oxygens (including phenoxy) is 6. The van der Waals surface area contributed by atoms with Crippen LogP contribution in [0.4, 0.5) is 0 Å². The third-order valence-corrected chi connectivity index (χ3v) is 8.88. The van der Waals surface area contributed by atoms with E-state index in [9.17, 15) is 25.2 Å². The fourth-order valence-corrected chi connectivity index (χ4v) is 6.43. The van der Waals surface area contributed by atoms with Gasteiger partial charge in [-0.15, -0.1) is 0 Å². The van der Waals surface area contributed by atoms with E-state index in [-0.39, 0.29) is 42.7 Å². The summed E-state index contributed by atoms with van der Waals surface area (Å²) in [6.07, 6.45) is 6.64. The number of aliphatic hydroxyl groups is 4. The predicted octanol–water partition coefficient (Wildman–Crippen LogP) is 1.95. The molecule has 0 amide bonds. The van der Waals surface area contributed by atoms with Crippen molar-refractivity contribution in [1.82, 2.24) is 0 Å². The Morgan fingerprint density at radius 2 is 1.65 bits per heavy atom. The molecule has 11 nitrogen and oxygen atoms in total. The number of hydrogen-bond donors (Lipinski definition) is 4. The average molecular weight is 611 g/mol. The zero-order valence-electron chi connectivity index (χ0n) is 25.6. The van der Waals surface area contributed by atoms with Gasteiger partial charge < -0.3 is 48.8 Å². The molecule has 244 valence electrons. The summed E-state index contributed by atoms with van der Waals surface area (Å²) < 4.78 is 35.6. The van der Waals surface area contributed by atoms with Gasteiger partial charge in [-0.1, -0.05) is 44.2 Å². The van der Waals surface area contributed by atoms with Gasteiger partial charge in [0.05, 0.1) is 49.3 Å². The van der Waals surface area contributed by atoms with Gasteiger partial charge in [0.2, 0.25) is 0 Å². The molecule has 4 N–H and O–H groups in total. The van der Waals surface area contributed by atoms with Crippen molar-refractivity contribution in [1.29, 1.82) is 0 Å². The first-order valence-electron chi connectivity index (χ1n) is 15.6. The molecule has 3 saturated heterocycles. The van der Waals surface area contributed by atoms with Crippen LogP contribution in [0, 0.1) is 11.8 Å². The van der Waals surface area contributed by atoms with Gasteiger partial charge >= 0.3 is 5.97 Å². The number of allylic oxidation sites excluding steroid dienone is 3. The minimum absolute atomic E-state index is 0.0732. The molecule has 0 unspecified atom stereocenters. The molecule has 4 aliphatic heterocycles. The largest absolute Gasteiger partial charge is 0.457 e. The highest BCUT2D eigenvalue weighted by molar-refractivity contribution is 5.82. The second kappa shape index (κ2) is 16.1. The van der Waals surface area contributed by atoms with Gasteiger partial charge in [0, 0.05) is 32.4 Å². The maximum Gasteiger partial charge on any atom is 0.330 e. The van der Waals surface area contributed by atoms with E-state index in [1.165, 1.54) is 13.2 Å². The standard InChI is InChI=1S/C32H50O11/c1-18-8-5-6-10-26-19(2)13-27(43-26)25(34)16-24(17-33)41-28(35)11-7-9-21-14-23(15-22(12-18)40-21)42-32-31(38-4)30(37)29(36)20(3)39-32/h5-8,10-11,18-27,29-34,36-37H,9,12-17H2,1-4H3/b8-5+,10-6-,11-7+/t18-,19-,20-,21-,22+,23+,24-,25-,26-,27-,29-,30+,31+,32-/m0/s1. The molecule has 4 heterocycles. The first-order chi connectivity index (χ1) is 20.6. The van der Waals surface area contributed by atoms with E-state index in [2.05, 4.69) is 19.9 Å². The van der Waals surface area contributed by atoms with Crippen LogP contribution in [0.5, 0.6) is 0 Å². The maximum absolute atomic E-state index is 12.6. The molecule has 14 atom stereocenters. The van der Waals surface area contributed by atoms with E-state index in [1.807, 2.05) is 18.2 Å². The Morgan fingerprint density at radius 3 is 2.40 bits per heavy atom. The number of fused-ring (bicyclic) bond motifs is 4. The molecule has 43 heavy (non-hydrogen) atoms. The molecule has 0 aromatic rings. The minimum Gasteiger partial charge on any atom is -0.457 e. The molecule has 0 spiro atoms. The van der Waals surface area contributed by atoms with Crippen LogP contribution in [0.25, 0.3) is 0 Å². The Labute approximate surface area is 254 Å². The quantitative estimate of drug-likeness (QED) is 0.346. The van der Waals surface area contributed by atoms with Gasteiger partial charge in [0.15, 0.2) is 6.29 Å². The van der Waals surface area contributed by atoms with E-state index in [1.54, 1.807) is 13.0 Å². The van der Waals surface area contributed by atoms with Gasteiger partial charge in [0.1, 0.15) is 24.4 Å². The zero-order valence-corrected chi connectivity index (χ0v) is 25.6. The van der Waals surface area contributed by atoms with Crippen molar-refractivity contribution in [3.05, 3.63) is 36.5 Å². The fraction of sp³-hybridized carbons (Fsp3) is 0.781. The summed E-state index contributed by atoms with van der Waals surface area (Å²) in [5.74, 6) is -0.204. The van der Waals surface area contributed by atoms with Crippen molar-refractivity contribution in [2.24, 2.45) is 11.8 Å². The highest BCUT2D eigenvalue weighted by Crippen LogP contribution is 2.33. The highest BCUT2D eigenvalue weighted by atomic mass is 16.7. The first kappa shape index (κ1) is 34.2. The predicted molar refractivity (Wildman–Crippen MR) is 156 cm³/mol. The van der Waals surface area contributed by atoms with Crippen molar-refractivity contribution in [2.45, 2.75) is 133 Å². The number of methoxy groups -OCH3 is 1. The second-order valence-electron chi connectivity index (χ2n) is 12.5. The number of carbonyl (C=O) groups excluding carboxylic acids is 1. The normalized spacial score (nSPS) is 47.3. The smallest absolute Gasteiger partial charge is 0.330 e. The molecule has 0 radical (unpaired) electrons. The summed E-state index contributed by atoms with van der Waals surface area (Å²) in [4.78, 5) is 12.6. The topological polar surface area (TPSA) is 153 Å². The summed E-state index contributed by atoms with van der Waals surface area (Å²) in [5.41, 5.74) is 0. The van der Waals surface area contributed by atoms with E-state index in [0.717, 1.165) is 6.42 Å². The van der Waals surface area contributed by atoms with E-state index in [0.29, 0.717) is 25.7 Å². The summed E-state index contributed by atoms with van der Waals surface area (Å²) in [7, 11) is 1.45. The molecule has 4 aliphatic rings. The molecule has 4 rings (SSSR count). The highest BCUT2D eigenvalue weighted by Gasteiger charge is 2.45. The van der Waals surface area contributed by atoms with Gasteiger partial charge in [-0.2, -0.15) is 0 Å². The summed E-state index contributed by atoms with van der Waals surface area (Å²) >= 11 is 0. The zero-order chi connectivity index (χ0) is 31.1. The lowest BCUT2D eigenvalue weighted by Crippen LogP contribution is -2.59. The lowest BCUT2D eigenvalue weighted by molar-refractivity contribution is -0.315. The second-order valence-corrected chi connectivity index (χ2v) is 12.5. The van der Waals surface area contributed by atoms with Crippen LogP contribution in [-0.2, 0) is 33.2 Å². The SMILES string of the molecule is CO[C@H]1[C@H](O[C@@H]2C[C@@H]3C/C=C/C(=O)O[C@H](CO)C[C@H](O)[C@@H]4C[C@H](C)[C@H](/C=C\C=C\[C@H](C)C[C@H](C2)O3)O4)O[C@@H](C)[C@H](O)[C@H]1O. The van der Waals surface area contributed by atoms with Crippen molar-refractivity contribution < 1.29 is 53.6 Å². The average Bonchev–Trinajstić information content (AvgIpc) is 3.33. The molecular formula is C32H50O11. The van der Waals surface area contributed by atoms with E-state index in [4.69, 9.17) is 28.4 Å². The van der Waals surface area contributed by atoms with Crippen molar-refractivity contribution in [2.75, 3.05) is 13.7 Å². The summed E-state index contributed by atoms with van der Waals surface area (Å²) in [6.45, 7) is 5.47. The van der Waals surface area contributed by atoms with Crippen LogP contribution < -0.4 is 0 Å². The van der Waals surface area contributed by atoms with Gasteiger partial charge in [-0.25, -0.2) is 4.79 Å². The van der Waals surface area contributed by atoms with Crippen LogP contribution in [-0.4, -0.2) is 114 Å². The Morgan fingerprint density at radius 1 is 0.907 bits per heavy atom. The molecule has 0 saturated carbocycles. The minimum atomic E-state index is -1.15. The first-order valence-corrected chi connectivity index (χ1v) is 15.6. The fourth-order valence-electron chi connectivity index (χ4n) is 6.43. The van der Waals surface area contributed by atoms with Crippen molar-refractivity contribution in [3.63, 3.8) is 0 Å². The summed E-state index contributed by atoms with van der Waals surface area (Å²) in [6, 6.07) is 0. The molecule has 0 aliphatic carbocycles. The number of hydrogen-bond acceptors (Lipinski definition) is 11. The lowest BCUT2D eigenvalue weighted by Gasteiger charge is -2.43. The van der Waals surface area contributed by atoms with Crippen LogP contribution in [0.15, 0.2) is 36.5 Å². The lowest BCUT2D eigenvalue weighted by atomic mass is 9.92. The number of aliphatic hydroxyl groups excluding tert-OH is 4. The van der Waals surface area contributed by atoms with E-state index < -0.39 is 61.6 Å². The Balaban J connectivity index is 1.49.